The molecule has 0 bridgehead atoms. The summed E-state index contributed by atoms with van der Waals surface area (Å²) >= 11 is 1.44. The van der Waals surface area contributed by atoms with E-state index in [4.69, 9.17) is 9.84 Å². The molecule has 0 aliphatic rings. The Morgan fingerprint density at radius 1 is 1.56 bits per heavy atom. The van der Waals surface area contributed by atoms with Gasteiger partial charge in [-0.1, -0.05) is 6.92 Å². The fourth-order valence-electron chi connectivity index (χ4n) is 1.46. The molecule has 0 aliphatic carbocycles. The van der Waals surface area contributed by atoms with Crippen LogP contribution < -0.4 is 4.74 Å². The van der Waals surface area contributed by atoms with E-state index in [1.165, 1.54) is 37.1 Å². The number of halogens is 1. The van der Waals surface area contributed by atoms with E-state index in [1.807, 2.05) is 6.92 Å². The summed E-state index contributed by atoms with van der Waals surface area (Å²) in [4.78, 5) is 12.0. The number of hydrogen-bond acceptors (Lipinski definition) is 4. The summed E-state index contributed by atoms with van der Waals surface area (Å²) in [6, 6.07) is 3.90. The highest BCUT2D eigenvalue weighted by Crippen LogP contribution is 2.23. The molecule has 1 N–H and O–H groups in total. The van der Waals surface area contributed by atoms with Crippen molar-refractivity contribution in [1.29, 1.82) is 0 Å². The van der Waals surface area contributed by atoms with E-state index in [2.05, 4.69) is 0 Å². The smallest absolute Gasteiger partial charge is 0.176 e. The zero-order chi connectivity index (χ0) is 13.5. The Morgan fingerprint density at radius 2 is 2.28 bits per heavy atom. The zero-order valence-corrected chi connectivity index (χ0v) is 11.3. The second-order valence-corrected chi connectivity index (χ2v) is 5.33. The van der Waals surface area contributed by atoms with Crippen LogP contribution in [0.5, 0.6) is 5.75 Å². The van der Waals surface area contributed by atoms with Crippen LogP contribution in [0.1, 0.15) is 23.7 Å². The largest absolute Gasteiger partial charge is 0.496 e. The summed E-state index contributed by atoms with van der Waals surface area (Å²) in [5.74, 6) is 0.0200. The Kier molecular flexibility index (Phi) is 6.15. The fourth-order valence-corrected chi connectivity index (χ4v) is 2.32. The van der Waals surface area contributed by atoms with Gasteiger partial charge >= 0.3 is 0 Å². The first kappa shape index (κ1) is 15.0. The Labute approximate surface area is 110 Å². The number of carbonyl (C=O) groups is 1. The molecule has 0 aromatic heterocycles. The summed E-state index contributed by atoms with van der Waals surface area (Å²) in [7, 11) is 1.45. The number of carbonyl (C=O) groups excluding carboxylic acids is 1. The molecule has 1 aromatic carbocycles. The van der Waals surface area contributed by atoms with Crippen molar-refractivity contribution in [2.24, 2.45) is 0 Å². The molecule has 5 heteroatoms. The highest BCUT2D eigenvalue weighted by molar-refractivity contribution is 8.00. The lowest BCUT2D eigenvalue weighted by Crippen LogP contribution is -2.09. The maximum atomic E-state index is 13.1. The van der Waals surface area contributed by atoms with Crippen molar-refractivity contribution >= 4 is 17.5 Å². The lowest BCUT2D eigenvalue weighted by molar-refractivity contribution is 0.101. The van der Waals surface area contributed by atoms with E-state index in [0.29, 0.717) is 12.2 Å². The molecule has 1 atom stereocenters. The summed E-state index contributed by atoms with van der Waals surface area (Å²) in [6.45, 7) is 2.04. The van der Waals surface area contributed by atoms with Gasteiger partial charge in [-0.05, 0) is 24.6 Å². The predicted molar refractivity (Wildman–Crippen MR) is 70.9 cm³/mol. The first-order valence-electron chi connectivity index (χ1n) is 5.67. The Morgan fingerprint density at radius 3 is 2.89 bits per heavy atom. The van der Waals surface area contributed by atoms with Crippen LogP contribution >= 0.6 is 11.8 Å². The third kappa shape index (κ3) is 4.31. The van der Waals surface area contributed by atoms with Crippen LogP contribution in [0.4, 0.5) is 4.39 Å². The number of methoxy groups -OCH3 is 1. The number of thioether (sulfide) groups is 1. The number of aliphatic hydroxyl groups is 1. The maximum absolute atomic E-state index is 13.1. The monoisotopic (exact) mass is 272 g/mol. The summed E-state index contributed by atoms with van der Waals surface area (Å²) < 4.78 is 18.2. The van der Waals surface area contributed by atoms with Crippen LogP contribution in [0, 0.1) is 5.82 Å². The van der Waals surface area contributed by atoms with Crippen LogP contribution in [0.15, 0.2) is 18.2 Å². The average molecular weight is 272 g/mol. The van der Waals surface area contributed by atoms with Gasteiger partial charge in [0, 0.05) is 11.9 Å². The topological polar surface area (TPSA) is 46.5 Å². The molecule has 0 fully saturated rings. The molecule has 1 aromatic rings. The molecule has 1 rings (SSSR count). The SMILES string of the molecule is COc1ccc(F)cc1C(=O)CSC(C)CCO. The molecule has 3 nitrogen and oxygen atoms in total. The number of aliphatic hydroxyl groups excluding tert-OH is 1. The minimum atomic E-state index is -0.451. The summed E-state index contributed by atoms with van der Waals surface area (Å²) in [5.41, 5.74) is 0.265. The van der Waals surface area contributed by atoms with Gasteiger partial charge < -0.3 is 9.84 Å². The molecule has 0 radical (unpaired) electrons. The van der Waals surface area contributed by atoms with Gasteiger partial charge in [0.05, 0.1) is 18.4 Å². The molecule has 18 heavy (non-hydrogen) atoms. The van der Waals surface area contributed by atoms with E-state index in [-0.39, 0.29) is 29.0 Å². The second-order valence-electron chi connectivity index (χ2n) is 3.90. The quantitative estimate of drug-likeness (QED) is 0.775. The number of Topliss-reactive ketones (excluding diaryl/α,β-unsaturated/α-hetero) is 1. The minimum absolute atomic E-state index is 0.103. The fraction of sp³-hybridized carbons (Fsp3) is 0.462. The molecule has 0 heterocycles. The number of rotatable bonds is 7. The summed E-state index contributed by atoms with van der Waals surface area (Å²) in [6.07, 6.45) is 0.637. The average Bonchev–Trinajstić information content (AvgIpc) is 2.36. The normalized spacial score (nSPS) is 12.2. The Balaban J connectivity index is 2.68. The second kappa shape index (κ2) is 7.38. The van der Waals surface area contributed by atoms with Crippen molar-refractivity contribution < 1.29 is 19.0 Å². The third-order valence-electron chi connectivity index (χ3n) is 2.50. The molecule has 0 saturated heterocycles. The van der Waals surface area contributed by atoms with Crippen molar-refractivity contribution in [3.8, 4) is 5.75 Å². The third-order valence-corrected chi connectivity index (χ3v) is 3.73. The molecule has 1 unspecified atom stereocenters. The van der Waals surface area contributed by atoms with Gasteiger partial charge in [0.2, 0.25) is 0 Å². The van der Waals surface area contributed by atoms with Crippen molar-refractivity contribution in [2.75, 3.05) is 19.5 Å². The van der Waals surface area contributed by atoms with Gasteiger partial charge in [-0.3, -0.25) is 4.79 Å². The molecule has 0 amide bonds. The van der Waals surface area contributed by atoms with Crippen molar-refractivity contribution in [3.63, 3.8) is 0 Å². The number of hydrogen-bond donors (Lipinski definition) is 1. The first-order valence-corrected chi connectivity index (χ1v) is 6.72. The van der Waals surface area contributed by atoms with E-state index in [0.717, 1.165) is 0 Å². The lowest BCUT2D eigenvalue weighted by atomic mass is 10.1. The van der Waals surface area contributed by atoms with Crippen molar-refractivity contribution in [1.82, 2.24) is 0 Å². The highest BCUT2D eigenvalue weighted by Gasteiger charge is 2.14. The van der Waals surface area contributed by atoms with Crippen molar-refractivity contribution in [3.05, 3.63) is 29.6 Å². The number of benzene rings is 1. The minimum Gasteiger partial charge on any atom is -0.496 e. The van der Waals surface area contributed by atoms with Crippen molar-refractivity contribution in [2.45, 2.75) is 18.6 Å². The lowest BCUT2D eigenvalue weighted by Gasteiger charge is -2.10. The molecule has 100 valence electrons. The number of ether oxygens (including phenoxy) is 1. The molecular weight excluding hydrogens is 255 g/mol. The van der Waals surface area contributed by atoms with E-state index < -0.39 is 5.82 Å². The Hall–Kier alpha value is -1.07. The number of ketones is 1. The standard InChI is InChI=1S/C13H17FO3S/c1-9(5-6-15)18-8-12(16)11-7-10(14)3-4-13(11)17-2/h3-4,7,9,15H,5-6,8H2,1-2H3. The van der Waals surface area contributed by atoms with Crippen LogP contribution in [-0.2, 0) is 0 Å². The van der Waals surface area contributed by atoms with Gasteiger partial charge in [-0.25, -0.2) is 4.39 Å². The van der Waals surface area contributed by atoms with E-state index >= 15 is 0 Å². The molecule has 0 aliphatic heterocycles. The van der Waals surface area contributed by atoms with E-state index in [9.17, 15) is 9.18 Å². The maximum Gasteiger partial charge on any atom is 0.176 e. The van der Waals surface area contributed by atoms with Gasteiger partial charge in [-0.15, -0.1) is 0 Å². The van der Waals surface area contributed by atoms with Gasteiger partial charge in [0.15, 0.2) is 5.78 Å². The van der Waals surface area contributed by atoms with E-state index in [1.54, 1.807) is 0 Å². The van der Waals surface area contributed by atoms with Crippen LogP contribution in [0.25, 0.3) is 0 Å². The van der Waals surface area contributed by atoms with Crippen LogP contribution in [-0.4, -0.2) is 35.6 Å². The predicted octanol–water partition coefficient (Wildman–Crippen LogP) is 2.52. The van der Waals surface area contributed by atoms with Crippen LogP contribution in [0.3, 0.4) is 0 Å². The molecular formula is C13H17FO3S. The highest BCUT2D eigenvalue weighted by atomic mass is 32.2. The Bertz CT molecular complexity index is 409. The van der Waals surface area contributed by atoms with Gasteiger partial charge in [-0.2, -0.15) is 11.8 Å². The van der Waals surface area contributed by atoms with Gasteiger partial charge in [0.25, 0.3) is 0 Å². The zero-order valence-electron chi connectivity index (χ0n) is 10.5. The summed E-state index contributed by atoms with van der Waals surface area (Å²) in [5, 5.41) is 8.96. The van der Waals surface area contributed by atoms with Gasteiger partial charge in [0.1, 0.15) is 11.6 Å². The molecule has 0 spiro atoms. The first-order chi connectivity index (χ1) is 8.58. The molecule has 0 saturated carbocycles. The van der Waals surface area contributed by atoms with Crippen LogP contribution in [0.2, 0.25) is 0 Å².